The van der Waals surface area contributed by atoms with Crippen molar-refractivity contribution in [1.29, 1.82) is 0 Å². The van der Waals surface area contributed by atoms with Gasteiger partial charge in [-0.1, -0.05) is 41.4 Å². The number of anilines is 1. The SMILES string of the molecule is Nc1c(C(=O)NCc2ccccc2)cc2c(=O)n3ccccc3nc2[n+]1Cc1ccco1. The van der Waals surface area contributed by atoms with Crippen molar-refractivity contribution in [2.24, 2.45) is 0 Å². The van der Waals surface area contributed by atoms with Crippen molar-refractivity contribution in [3.8, 4) is 0 Å². The first kappa shape index (κ1) is 19.5. The summed E-state index contributed by atoms with van der Waals surface area (Å²) in [5, 5.41) is 3.17. The summed E-state index contributed by atoms with van der Waals surface area (Å²) in [5.74, 6) is 0.450. The van der Waals surface area contributed by atoms with Crippen molar-refractivity contribution in [1.82, 2.24) is 14.7 Å². The number of nitrogens with zero attached hydrogens (tertiary/aromatic N) is 3. The number of pyridine rings is 2. The molecule has 4 heterocycles. The predicted octanol–water partition coefficient (Wildman–Crippen LogP) is 2.29. The van der Waals surface area contributed by atoms with Gasteiger partial charge < -0.3 is 15.5 Å². The van der Waals surface area contributed by atoms with Crippen LogP contribution < -0.4 is 21.2 Å². The van der Waals surface area contributed by atoms with Crippen molar-refractivity contribution >= 4 is 28.4 Å². The second-order valence-corrected chi connectivity index (χ2v) is 7.36. The average molecular weight is 426 g/mol. The normalized spacial score (nSPS) is 11.1. The quantitative estimate of drug-likeness (QED) is 0.331. The van der Waals surface area contributed by atoms with Crippen molar-refractivity contribution in [2.75, 3.05) is 5.73 Å². The molecule has 0 unspecified atom stereocenters. The molecule has 0 bridgehead atoms. The van der Waals surface area contributed by atoms with E-state index in [1.54, 1.807) is 47.4 Å². The third-order valence-electron chi connectivity index (χ3n) is 5.29. The lowest BCUT2D eigenvalue weighted by Crippen LogP contribution is -2.43. The molecule has 8 heteroatoms. The highest BCUT2D eigenvalue weighted by Crippen LogP contribution is 2.16. The Kier molecular flexibility index (Phi) is 4.87. The second-order valence-electron chi connectivity index (χ2n) is 7.36. The van der Waals surface area contributed by atoms with Gasteiger partial charge in [-0.15, -0.1) is 0 Å². The smallest absolute Gasteiger partial charge is 0.278 e. The lowest BCUT2D eigenvalue weighted by atomic mass is 10.1. The van der Waals surface area contributed by atoms with E-state index in [9.17, 15) is 9.59 Å². The summed E-state index contributed by atoms with van der Waals surface area (Å²) >= 11 is 0. The number of carbonyl (C=O) groups is 1. The minimum absolute atomic E-state index is 0.201. The number of rotatable bonds is 5. The van der Waals surface area contributed by atoms with Crippen LogP contribution in [0.15, 0.2) is 88.4 Å². The molecule has 0 aliphatic heterocycles. The molecule has 0 saturated heterocycles. The zero-order chi connectivity index (χ0) is 22.1. The summed E-state index contributed by atoms with van der Waals surface area (Å²) in [7, 11) is 0. The first-order chi connectivity index (χ1) is 15.6. The Bertz CT molecular complexity index is 1490. The first-order valence-electron chi connectivity index (χ1n) is 10.1. The van der Waals surface area contributed by atoms with Crippen molar-refractivity contribution in [3.05, 3.63) is 106 Å². The fraction of sp³-hybridized carbons (Fsp3) is 0.0833. The highest BCUT2D eigenvalue weighted by molar-refractivity contribution is 6.00. The molecule has 3 N–H and O–H groups in total. The Hall–Kier alpha value is -4.46. The molecule has 8 nitrogen and oxygen atoms in total. The van der Waals surface area contributed by atoms with Crippen LogP contribution in [0.1, 0.15) is 21.7 Å². The van der Waals surface area contributed by atoms with E-state index in [1.807, 2.05) is 30.3 Å². The van der Waals surface area contributed by atoms with Gasteiger partial charge in [-0.3, -0.25) is 14.0 Å². The largest absolute Gasteiger partial charge is 0.466 e. The van der Waals surface area contributed by atoms with Gasteiger partial charge in [-0.2, -0.15) is 0 Å². The summed E-state index contributed by atoms with van der Waals surface area (Å²) < 4.78 is 8.56. The summed E-state index contributed by atoms with van der Waals surface area (Å²) in [6.45, 7) is 0.564. The maximum absolute atomic E-state index is 13.2. The molecule has 5 aromatic rings. The number of carbonyl (C=O) groups excluding carboxylic acids is 1. The fourth-order valence-electron chi connectivity index (χ4n) is 3.67. The van der Waals surface area contributed by atoms with E-state index in [0.717, 1.165) is 5.56 Å². The minimum atomic E-state index is -0.376. The van der Waals surface area contributed by atoms with E-state index in [1.165, 1.54) is 10.5 Å². The molecule has 158 valence electrons. The molecule has 5 rings (SSSR count). The van der Waals surface area contributed by atoms with Crippen LogP contribution in [-0.4, -0.2) is 15.3 Å². The number of fused-ring (bicyclic) bond motifs is 2. The lowest BCUT2D eigenvalue weighted by Gasteiger charge is -2.12. The first-order valence-corrected chi connectivity index (χ1v) is 10.1. The number of nitrogens with one attached hydrogen (secondary N) is 1. The lowest BCUT2D eigenvalue weighted by molar-refractivity contribution is -0.651. The van der Waals surface area contributed by atoms with Crippen LogP contribution in [0.2, 0.25) is 0 Å². The summed E-state index contributed by atoms with van der Waals surface area (Å²) in [6.07, 6.45) is 3.20. The van der Waals surface area contributed by atoms with Crippen LogP contribution in [0.4, 0.5) is 5.82 Å². The fourth-order valence-corrected chi connectivity index (χ4v) is 3.67. The van der Waals surface area contributed by atoms with Gasteiger partial charge >= 0.3 is 0 Å². The van der Waals surface area contributed by atoms with Crippen LogP contribution in [0.3, 0.4) is 0 Å². The van der Waals surface area contributed by atoms with Gasteiger partial charge in [0.25, 0.3) is 17.1 Å². The third kappa shape index (κ3) is 3.47. The van der Waals surface area contributed by atoms with Gasteiger partial charge in [0.1, 0.15) is 23.3 Å². The molecule has 0 radical (unpaired) electrons. The number of hydrogen-bond acceptors (Lipinski definition) is 5. The van der Waals surface area contributed by atoms with Crippen molar-refractivity contribution in [3.63, 3.8) is 0 Å². The monoisotopic (exact) mass is 426 g/mol. The molecular weight excluding hydrogens is 406 g/mol. The molecule has 0 fully saturated rings. The Morgan fingerprint density at radius 1 is 1.09 bits per heavy atom. The van der Waals surface area contributed by atoms with E-state index in [4.69, 9.17) is 10.2 Å². The number of hydrogen-bond donors (Lipinski definition) is 2. The van der Waals surface area contributed by atoms with Crippen LogP contribution in [0.5, 0.6) is 0 Å². The Balaban J connectivity index is 1.66. The Morgan fingerprint density at radius 3 is 2.69 bits per heavy atom. The molecule has 0 saturated carbocycles. The van der Waals surface area contributed by atoms with Crippen LogP contribution >= 0.6 is 0 Å². The molecule has 0 aliphatic carbocycles. The van der Waals surface area contributed by atoms with E-state index >= 15 is 0 Å². The molecule has 0 aliphatic rings. The number of nitrogens with two attached hydrogens (primary N) is 1. The van der Waals surface area contributed by atoms with Crippen molar-refractivity contribution in [2.45, 2.75) is 13.1 Å². The third-order valence-corrected chi connectivity index (χ3v) is 5.29. The predicted molar refractivity (Wildman–Crippen MR) is 119 cm³/mol. The van der Waals surface area contributed by atoms with Crippen LogP contribution in [0.25, 0.3) is 16.7 Å². The average Bonchev–Trinajstić information content (AvgIpc) is 3.34. The zero-order valence-corrected chi connectivity index (χ0v) is 17.1. The summed E-state index contributed by atoms with van der Waals surface area (Å²) in [5.41, 5.74) is 8.19. The van der Waals surface area contributed by atoms with Gasteiger partial charge in [0.15, 0.2) is 0 Å². The zero-order valence-electron chi connectivity index (χ0n) is 17.1. The van der Waals surface area contributed by atoms with Crippen LogP contribution in [-0.2, 0) is 13.1 Å². The highest BCUT2D eigenvalue weighted by atomic mass is 16.3. The van der Waals surface area contributed by atoms with Gasteiger partial charge in [0, 0.05) is 12.7 Å². The standard InChI is InChI=1S/C24H19N5O3/c25-21-18(23(30)26-14-16-7-2-1-3-8-16)13-19-22(29(21)15-17-9-6-12-32-17)27-20-10-4-5-11-28(20)24(19)31/h1-13,25H,14-15H2,(H,26,30)/p+1. The van der Waals surface area contributed by atoms with Gasteiger partial charge in [-0.25, -0.2) is 4.57 Å². The summed E-state index contributed by atoms with van der Waals surface area (Å²) in [6, 6.07) is 19.9. The minimum Gasteiger partial charge on any atom is -0.466 e. The van der Waals surface area contributed by atoms with E-state index in [-0.39, 0.29) is 29.4 Å². The van der Waals surface area contributed by atoms with Gasteiger partial charge in [0.05, 0.1) is 6.26 Å². The molecule has 1 amide bonds. The highest BCUT2D eigenvalue weighted by Gasteiger charge is 2.25. The number of benzene rings is 1. The maximum atomic E-state index is 13.2. The molecule has 32 heavy (non-hydrogen) atoms. The maximum Gasteiger partial charge on any atom is 0.278 e. The summed E-state index contributed by atoms with van der Waals surface area (Å²) in [4.78, 5) is 30.9. The number of nitrogen functional groups attached to an aromatic ring is 1. The van der Waals surface area contributed by atoms with Gasteiger partial charge in [0.2, 0.25) is 11.5 Å². The number of amides is 1. The van der Waals surface area contributed by atoms with E-state index in [2.05, 4.69) is 10.3 Å². The topological polar surface area (TPSA) is 107 Å². The molecular formula is C24H20N5O3+. The number of aromatic nitrogens is 3. The van der Waals surface area contributed by atoms with Crippen LogP contribution in [0, 0.1) is 0 Å². The van der Waals surface area contributed by atoms with E-state index < -0.39 is 0 Å². The molecule has 4 aromatic heterocycles. The molecule has 0 atom stereocenters. The Morgan fingerprint density at radius 2 is 1.91 bits per heavy atom. The van der Waals surface area contributed by atoms with Gasteiger partial charge in [-0.05, 0) is 35.9 Å². The van der Waals surface area contributed by atoms with E-state index in [0.29, 0.717) is 29.0 Å². The number of furan rings is 1. The Labute approximate surface area is 182 Å². The second kappa shape index (κ2) is 7.99. The molecule has 0 spiro atoms. The van der Waals surface area contributed by atoms with Crippen molar-refractivity contribution < 1.29 is 13.8 Å². The molecule has 1 aromatic carbocycles.